The van der Waals surface area contributed by atoms with E-state index >= 15 is 0 Å². The molecule has 0 aliphatic carbocycles. The van der Waals surface area contributed by atoms with Gasteiger partial charge in [0.05, 0.1) is 7.11 Å². The van der Waals surface area contributed by atoms with Gasteiger partial charge < -0.3 is 9.47 Å². The maximum atomic E-state index is 13.5. The van der Waals surface area contributed by atoms with Crippen LogP contribution in [0, 0.1) is 0 Å². The van der Waals surface area contributed by atoms with Crippen LogP contribution >= 0.6 is 0 Å². The van der Waals surface area contributed by atoms with E-state index in [1.807, 2.05) is 72.8 Å². The summed E-state index contributed by atoms with van der Waals surface area (Å²) in [4.78, 5) is 0. The number of anilines is 1. The van der Waals surface area contributed by atoms with Crippen LogP contribution in [0.4, 0.5) is 5.69 Å². The zero-order chi connectivity index (χ0) is 18.0. The van der Waals surface area contributed by atoms with Crippen LogP contribution in [0.2, 0.25) is 0 Å². The molecule has 26 heavy (non-hydrogen) atoms. The van der Waals surface area contributed by atoms with Crippen LogP contribution in [0.3, 0.4) is 0 Å². The number of hydrogen-bond donors (Lipinski definition) is 0. The molecule has 4 nitrogen and oxygen atoms in total. The highest BCUT2D eigenvalue weighted by Gasteiger charge is 2.45. The Morgan fingerprint density at radius 3 is 2.58 bits per heavy atom. The molecule has 0 saturated carbocycles. The number of fused-ring (bicyclic) bond motifs is 1. The Morgan fingerprint density at radius 1 is 1.00 bits per heavy atom. The fraction of sp³-hybridized carbons (Fsp3) is 0.182. The van der Waals surface area contributed by atoms with Gasteiger partial charge in [0.2, 0.25) is 0 Å². The third kappa shape index (κ3) is 2.78. The summed E-state index contributed by atoms with van der Waals surface area (Å²) in [7, 11) is 1.63. The smallest absolute Gasteiger partial charge is 0.145 e. The van der Waals surface area contributed by atoms with E-state index in [0.29, 0.717) is 17.9 Å². The number of ether oxygens (including phenoxy) is 2. The zero-order valence-electron chi connectivity index (χ0n) is 14.6. The molecule has 0 saturated heterocycles. The zero-order valence-corrected chi connectivity index (χ0v) is 14.6. The minimum Gasteiger partial charge on any atom is -0.497 e. The van der Waals surface area contributed by atoms with Crippen molar-refractivity contribution in [1.29, 1.82) is 0 Å². The molecular formula is C22H20NO3. The van der Waals surface area contributed by atoms with Gasteiger partial charge in [-0.1, -0.05) is 59.8 Å². The van der Waals surface area contributed by atoms with Crippen molar-refractivity contribution >= 4 is 5.69 Å². The second-order valence-electron chi connectivity index (χ2n) is 6.48. The molecule has 1 aliphatic heterocycles. The van der Waals surface area contributed by atoms with E-state index in [1.54, 1.807) is 13.2 Å². The van der Waals surface area contributed by atoms with E-state index in [4.69, 9.17) is 9.47 Å². The lowest BCUT2D eigenvalue weighted by Crippen LogP contribution is -2.52. The molecule has 0 spiro atoms. The molecule has 4 heteroatoms. The molecule has 1 aliphatic rings. The van der Waals surface area contributed by atoms with Crippen molar-refractivity contribution in [3.8, 4) is 11.5 Å². The maximum Gasteiger partial charge on any atom is 0.145 e. The maximum absolute atomic E-state index is 13.5. The minimum absolute atomic E-state index is 0.273. The number of hydrogen-bond acceptors (Lipinski definition) is 3. The normalized spacial score (nSPS) is 18.8. The number of nitrogens with zero attached hydrogens (tertiary/aromatic N) is 1. The lowest BCUT2D eigenvalue weighted by Gasteiger charge is -2.43. The number of methoxy groups -OCH3 is 1. The van der Waals surface area contributed by atoms with Gasteiger partial charge in [-0.3, -0.25) is 0 Å². The monoisotopic (exact) mass is 346 g/mol. The van der Waals surface area contributed by atoms with Gasteiger partial charge >= 0.3 is 0 Å². The number of hydroxylamine groups is 1. The molecule has 1 atom stereocenters. The van der Waals surface area contributed by atoms with Gasteiger partial charge in [0, 0.05) is 6.42 Å². The van der Waals surface area contributed by atoms with Crippen LogP contribution in [0.1, 0.15) is 11.1 Å². The predicted octanol–water partition coefficient (Wildman–Crippen LogP) is 4.38. The van der Waals surface area contributed by atoms with Crippen LogP contribution in [-0.4, -0.2) is 13.7 Å². The van der Waals surface area contributed by atoms with Crippen LogP contribution in [0.15, 0.2) is 78.9 Å². The van der Waals surface area contributed by atoms with E-state index in [2.05, 4.69) is 0 Å². The first-order valence-electron chi connectivity index (χ1n) is 8.61. The molecular weight excluding hydrogens is 326 g/mol. The molecule has 3 aromatic carbocycles. The molecule has 0 aromatic heterocycles. The summed E-state index contributed by atoms with van der Waals surface area (Å²) in [5.74, 6) is 1.34. The van der Waals surface area contributed by atoms with Crippen molar-refractivity contribution in [3.05, 3.63) is 90.0 Å². The highest BCUT2D eigenvalue weighted by molar-refractivity contribution is 5.61. The Labute approximate surface area is 153 Å². The Balaban J connectivity index is 1.85. The van der Waals surface area contributed by atoms with Gasteiger partial charge in [-0.25, -0.2) is 5.06 Å². The largest absolute Gasteiger partial charge is 0.497 e. The summed E-state index contributed by atoms with van der Waals surface area (Å²) in [5.41, 5.74) is 1.66. The van der Waals surface area contributed by atoms with Gasteiger partial charge in [0.25, 0.3) is 0 Å². The molecule has 4 rings (SSSR count). The van der Waals surface area contributed by atoms with Crippen molar-refractivity contribution in [2.45, 2.75) is 12.0 Å². The fourth-order valence-electron chi connectivity index (χ4n) is 3.50. The fourth-order valence-corrected chi connectivity index (χ4v) is 3.50. The Bertz CT molecular complexity index is 897. The van der Waals surface area contributed by atoms with Crippen molar-refractivity contribution < 1.29 is 14.7 Å². The molecule has 1 radical (unpaired) electrons. The van der Waals surface area contributed by atoms with Crippen molar-refractivity contribution in [2.75, 3.05) is 18.8 Å². The lowest BCUT2D eigenvalue weighted by atomic mass is 9.82. The van der Waals surface area contributed by atoms with E-state index in [1.165, 1.54) is 0 Å². The lowest BCUT2D eigenvalue weighted by molar-refractivity contribution is 0.0299. The molecule has 0 amide bonds. The number of benzene rings is 3. The Kier molecular flexibility index (Phi) is 4.27. The molecule has 0 bridgehead atoms. The topological polar surface area (TPSA) is 41.6 Å². The first-order chi connectivity index (χ1) is 12.7. The molecule has 0 fully saturated rings. The van der Waals surface area contributed by atoms with Gasteiger partial charge in [-0.15, -0.1) is 0 Å². The number of rotatable bonds is 4. The van der Waals surface area contributed by atoms with Gasteiger partial charge in [0.1, 0.15) is 29.3 Å². The summed E-state index contributed by atoms with van der Waals surface area (Å²) in [6, 6.07) is 25.1. The van der Waals surface area contributed by atoms with Gasteiger partial charge in [-0.2, -0.15) is 0 Å². The van der Waals surface area contributed by atoms with E-state index < -0.39 is 5.54 Å². The summed E-state index contributed by atoms with van der Waals surface area (Å²) >= 11 is 0. The van der Waals surface area contributed by atoms with Crippen LogP contribution < -0.4 is 14.5 Å². The molecule has 131 valence electrons. The van der Waals surface area contributed by atoms with Crippen molar-refractivity contribution in [1.82, 2.24) is 0 Å². The summed E-state index contributed by atoms with van der Waals surface area (Å²) < 4.78 is 11.4. The SMILES string of the molecule is COc1cccc(C2(Cc3ccccc3)COc3ccccc3N2[O])c1. The molecule has 1 unspecified atom stereocenters. The third-order valence-electron chi connectivity index (χ3n) is 4.89. The number of para-hydroxylation sites is 2. The average Bonchev–Trinajstić information content (AvgIpc) is 2.71. The minimum atomic E-state index is -0.857. The van der Waals surface area contributed by atoms with Crippen LogP contribution in [0.25, 0.3) is 0 Å². The first-order valence-corrected chi connectivity index (χ1v) is 8.61. The average molecular weight is 346 g/mol. The van der Waals surface area contributed by atoms with Crippen LogP contribution in [-0.2, 0) is 17.2 Å². The van der Waals surface area contributed by atoms with Gasteiger partial charge in [-0.05, 0) is 35.4 Å². The van der Waals surface area contributed by atoms with E-state index in [9.17, 15) is 5.21 Å². The highest BCUT2D eigenvalue weighted by atomic mass is 16.5. The second kappa shape index (κ2) is 6.73. The standard InChI is InChI=1S/C22H20NO3/c1-25-19-11-7-10-18(14-19)22(15-17-8-3-2-4-9-17)16-26-21-13-6-5-12-20(21)23(22)24/h2-14H,15-16H2,1H3. The predicted molar refractivity (Wildman–Crippen MR) is 99.9 cm³/mol. The summed E-state index contributed by atoms with van der Waals surface area (Å²) in [6.07, 6.45) is 0.541. The van der Waals surface area contributed by atoms with Crippen molar-refractivity contribution in [2.24, 2.45) is 0 Å². The quantitative estimate of drug-likeness (QED) is 0.704. The second-order valence-corrected chi connectivity index (χ2v) is 6.48. The Morgan fingerprint density at radius 2 is 1.77 bits per heavy atom. The molecule has 0 N–H and O–H groups in total. The molecule has 3 aromatic rings. The van der Waals surface area contributed by atoms with Gasteiger partial charge in [0.15, 0.2) is 0 Å². The highest BCUT2D eigenvalue weighted by Crippen LogP contribution is 2.44. The van der Waals surface area contributed by atoms with E-state index in [-0.39, 0.29) is 6.61 Å². The molecule has 1 heterocycles. The summed E-state index contributed by atoms with van der Waals surface area (Å²) in [5, 5.41) is 14.6. The Hall–Kier alpha value is -2.98. The van der Waals surface area contributed by atoms with Crippen molar-refractivity contribution in [3.63, 3.8) is 0 Å². The first kappa shape index (κ1) is 16.5. The van der Waals surface area contributed by atoms with E-state index in [0.717, 1.165) is 21.9 Å². The summed E-state index contributed by atoms with van der Waals surface area (Å²) in [6.45, 7) is 0.273. The third-order valence-corrected chi connectivity index (χ3v) is 4.89. The van der Waals surface area contributed by atoms with Crippen LogP contribution in [0.5, 0.6) is 11.5 Å².